The lowest BCUT2D eigenvalue weighted by Gasteiger charge is -2.15. The Bertz CT molecular complexity index is 522. The fourth-order valence-electron chi connectivity index (χ4n) is 2.17. The average molecular weight is 259 g/mol. The van der Waals surface area contributed by atoms with Gasteiger partial charge in [-0.25, -0.2) is 0 Å². The van der Waals surface area contributed by atoms with Crippen molar-refractivity contribution in [2.45, 2.75) is 32.9 Å². The highest BCUT2D eigenvalue weighted by Crippen LogP contribution is 2.13. The summed E-state index contributed by atoms with van der Waals surface area (Å²) in [7, 11) is 0. The summed E-state index contributed by atoms with van der Waals surface area (Å²) in [6.07, 6.45) is 4.70. The summed E-state index contributed by atoms with van der Waals surface area (Å²) in [5.41, 5.74) is 3.69. The molecule has 0 aliphatic rings. The molecule has 2 aromatic rings. The Morgan fingerprint density at radius 3 is 2.89 bits per heavy atom. The molecule has 1 aromatic carbocycles. The second-order valence-corrected chi connectivity index (χ2v) is 4.89. The summed E-state index contributed by atoms with van der Waals surface area (Å²) in [5, 5.41) is 16.5. The molecule has 0 aliphatic heterocycles. The van der Waals surface area contributed by atoms with Crippen LogP contribution in [0.15, 0.2) is 36.7 Å². The lowest BCUT2D eigenvalue weighted by molar-refractivity contribution is 0.269. The first-order valence-electron chi connectivity index (χ1n) is 6.63. The molecule has 0 amide bonds. The van der Waals surface area contributed by atoms with Gasteiger partial charge in [-0.2, -0.15) is 5.10 Å². The van der Waals surface area contributed by atoms with E-state index in [0.717, 1.165) is 12.1 Å². The summed E-state index contributed by atoms with van der Waals surface area (Å²) in [6.45, 7) is 4.95. The van der Waals surface area contributed by atoms with Gasteiger partial charge in [-0.3, -0.25) is 4.68 Å². The zero-order valence-corrected chi connectivity index (χ0v) is 11.5. The van der Waals surface area contributed by atoms with Crippen LogP contribution in [0.4, 0.5) is 5.69 Å². The SMILES string of the molecule is Cc1ccccc1CC(C)Nc1cnn(CCO)c1. The first-order valence-corrected chi connectivity index (χ1v) is 6.63. The van der Waals surface area contributed by atoms with Gasteiger partial charge in [0.2, 0.25) is 0 Å². The molecule has 102 valence electrons. The summed E-state index contributed by atoms with van der Waals surface area (Å²) in [4.78, 5) is 0. The topological polar surface area (TPSA) is 50.1 Å². The third-order valence-corrected chi connectivity index (χ3v) is 3.16. The number of benzene rings is 1. The van der Waals surface area contributed by atoms with E-state index in [9.17, 15) is 0 Å². The third-order valence-electron chi connectivity index (χ3n) is 3.16. The van der Waals surface area contributed by atoms with Gasteiger partial charge in [0.25, 0.3) is 0 Å². The van der Waals surface area contributed by atoms with Crippen molar-refractivity contribution in [1.82, 2.24) is 9.78 Å². The Morgan fingerprint density at radius 2 is 2.16 bits per heavy atom. The third kappa shape index (κ3) is 3.83. The van der Waals surface area contributed by atoms with Crippen LogP contribution in [0, 0.1) is 6.92 Å². The molecule has 2 rings (SSSR count). The number of aromatic nitrogens is 2. The second kappa shape index (κ2) is 6.38. The first kappa shape index (κ1) is 13.6. The van der Waals surface area contributed by atoms with E-state index in [1.165, 1.54) is 11.1 Å². The van der Waals surface area contributed by atoms with Gasteiger partial charge < -0.3 is 10.4 Å². The smallest absolute Gasteiger partial charge is 0.0728 e. The van der Waals surface area contributed by atoms with Crippen LogP contribution in [-0.4, -0.2) is 27.5 Å². The summed E-state index contributed by atoms with van der Waals surface area (Å²) in [6, 6.07) is 8.79. The molecule has 0 saturated carbocycles. The Balaban J connectivity index is 1.93. The van der Waals surface area contributed by atoms with Crippen LogP contribution >= 0.6 is 0 Å². The molecule has 19 heavy (non-hydrogen) atoms. The number of rotatable bonds is 6. The van der Waals surface area contributed by atoms with Crippen molar-refractivity contribution in [2.24, 2.45) is 0 Å². The van der Waals surface area contributed by atoms with Crippen molar-refractivity contribution in [1.29, 1.82) is 0 Å². The van der Waals surface area contributed by atoms with E-state index in [1.54, 1.807) is 10.9 Å². The summed E-state index contributed by atoms with van der Waals surface area (Å²) in [5.74, 6) is 0. The van der Waals surface area contributed by atoms with Crippen molar-refractivity contribution >= 4 is 5.69 Å². The van der Waals surface area contributed by atoms with Gasteiger partial charge in [-0.1, -0.05) is 24.3 Å². The number of aliphatic hydroxyl groups excluding tert-OH is 1. The highest BCUT2D eigenvalue weighted by molar-refractivity contribution is 5.40. The molecule has 1 unspecified atom stereocenters. The molecule has 0 fully saturated rings. The maximum absolute atomic E-state index is 8.85. The van der Waals surface area contributed by atoms with Crippen molar-refractivity contribution in [3.63, 3.8) is 0 Å². The van der Waals surface area contributed by atoms with Crippen LogP contribution in [0.1, 0.15) is 18.1 Å². The first-order chi connectivity index (χ1) is 9.19. The van der Waals surface area contributed by atoms with E-state index < -0.39 is 0 Å². The average Bonchev–Trinajstić information content (AvgIpc) is 2.80. The molecule has 0 bridgehead atoms. The van der Waals surface area contributed by atoms with Gasteiger partial charge in [0, 0.05) is 12.2 Å². The highest BCUT2D eigenvalue weighted by Gasteiger charge is 2.06. The van der Waals surface area contributed by atoms with E-state index in [-0.39, 0.29) is 6.61 Å². The standard InChI is InChI=1S/C15H21N3O/c1-12-5-3-4-6-14(12)9-13(2)17-15-10-16-18(11-15)7-8-19/h3-6,10-11,13,17,19H,7-9H2,1-2H3. The van der Waals surface area contributed by atoms with Crippen molar-refractivity contribution in [3.8, 4) is 0 Å². The maximum atomic E-state index is 8.85. The molecule has 0 radical (unpaired) electrons. The van der Waals surface area contributed by atoms with Crippen LogP contribution < -0.4 is 5.32 Å². The van der Waals surface area contributed by atoms with Crippen molar-refractivity contribution in [3.05, 3.63) is 47.8 Å². The minimum Gasteiger partial charge on any atom is -0.394 e. The Labute approximate surface area is 114 Å². The number of anilines is 1. The van der Waals surface area contributed by atoms with Crippen molar-refractivity contribution in [2.75, 3.05) is 11.9 Å². The Hall–Kier alpha value is -1.81. The molecule has 0 spiro atoms. The minimum atomic E-state index is 0.111. The largest absolute Gasteiger partial charge is 0.394 e. The molecule has 1 atom stereocenters. The number of nitrogens with zero attached hydrogens (tertiary/aromatic N) is 2. The fourth-order valence-corrected chi connectivity index (χ4v) is 2.17. The molecule has 4 nitrogen and oxygen atoms in total. The fraction of sp³-hybridized carbons (Fsp3) is 0.400. The van der Waals surface area contributed by atoms with E-state index in [4.69, 9.17) is 5.11 Å². The van der Waals surface area contributed by atoms with Crippen molar-refractivity contribution < 1.29 is 5.11 Å². The predicted octanol–water partition coefficient (Wildman–Crippen LogP) is 2.23. The normalized spacial score (nSPS) is 12.4. The van der Waals surface area contributed by atoms with Crippen LogP contribution in [0.2, 0.25) is 0 Å². The Morgan fingerprint density at radius 1 is 1.37 bits per heavy atom. The highest BCUT2D eigenvalue weighted by atomic mass is 16.3. The number of hydrogen-bond donors (Lipinski definition) is 2. The lowest BCUT2D eigenvalue weighted by atomic mass is 10.0. The van der Waals surface area contributed by atoms with Crippen LogP contribution in [0.25, 0.3) is 0 Å². The number of aliphatic hydroxyl groups is 1. The zero-order chi connectivity index (χ0) is 13.7. The van der Waals surface area contributed by atoms with Crippen LogP contribution in [0.3, 0.4) is 0 Å². The van der Waals surface area contributed by atoms with E-state index >= 15 is 0 Å². The molecule has 4 heteroatoms. The number of aryl methyl sites for hydroxylation is 1. The van der Waals surface area contributed by atoms with Crippen LogP contribution in [0.5, 0.6) is 0 Å². The van der Waals surface area contributed by atoms with Gasteiger partial charge >= 0.3 is 0 Å². The molecule has 1 heterocycles. The van der Waals surface area contributed by atoms with E-state index in [2.05, 4.69) is 48.5 Å². The maximum Gasteiger partial charge on any atom is 0.0728 e. The molecular formula is C15H21N3O. The molecule has 1 aromatic heterocycles. The van der Waals surface area contributed by atoms with Gasteiger partial charge in [0.05, 0.1) is 25.0 Å². The van der Waals surface area contributed by atoms with Gasteiger partial charge in [-0.05, 0) is 31.4 Å². The van der Waals surface area contributed by atoms with E-state index in [0.29, 0.717) is 12.6 Å². The summed E-state index contributed by atoms with van der Waals surface area (Å²) < 4.78 is 1.74. The quantitative estimate of drug-likeness (QED) is 0.836. The lowest BCUT2D eigenvalue weighted by Crippen LogP contribution is -2.18. The Kier molecular flexibility index (Phi) is 4.58. The summed E-state index contributed by atoms with van der Waals surface area (Å²) >= 11 is 0. The predicted molar refractivity (Wildman–Crippen MR) is 77.3 cm³/mol. The molecule has 0 aliphatic carbocycles. The van der Waals surface area contributed by atoms with Gasteiger partial charge in [0.15, 0.2) is 0 Å². The number of nitrogens with one attached hydrogen (secondary N) is 1. The zero-order valence-electron chi connectivity index (χ0n) is 11.5. The van der Waals surface area contributed by atoms with Gasteiger partial charge in [-0.15, -0.1) is 0 Å². The second-order valence-electron chi connectivity index (χ2n) is 4.89. The minimum absolute atomic E-state index is 0.111. The molecule has 0 saturated heterocycles. The number of hydrogen-bond acceptors (Lipinski definition) is 3. The van der Waals surface area contributed by atoms with Crippen LogP contribution in [-0.2, 0) is 13.0 Å². The van der Waals surface area contributed by atoms with Gasteiger partial charge in [0.1, 0.15) is 0 Å². The molecule has 2 N–H and O–H groups in total. The molecular weight excluding hydrogens is 238 g/mol. The monoisotopic (exact) mass is 259 g/mol. The van der Waals surface area contributed by atoms with E-state index in [1.807, 2.05) is 6.20 Å².